The number of nitrogens with two attached hydrogens (primary N) is 1. The maximum Gasteiger partial charge on any atom is 0.251 e. The molecular formula is C27H38ClN3O. The van der Waals surface area contributed by atoms with Gasteiger partial charge in [0.05, 0.1) is 0 Å². The number of hydrogen-bond donors (Lipinski definition) is 3. The molecule has 0 spiro atoms. The summed E-state index contributed by atoms with van der Waals surface area (Å²) < 4.78 is 0. The van der Waals surface area contributed by atoms with Crippen LogP contribution in [0.3, 0.4) is 0 Å². The Kier molecular flexibility index (Phi) is 8.75. The average Bonchev–Trinajstić information content (AvgIpc) is 2.76. The molecule has 0 aliphatic heterocycles. The summed E-state index contributed by atoms with van der Waals surface area (Å²) >= 11 is 6.33. The van der Waals surface area contributed by atoms with E-state index >= 15 is 0 Å². The number of hydrogen-bond acceptors (Lipinski definition) is 3. The Bertz CT molecular complexity index is 896. The normalized spacial score (nSPS) is 22.0. The third kappa shape index (κ3) is 6.81. The van der Waals surface area contributed by atoms with E-state index in [9.17, 15) is 4.79 Å². The first-order valence-corrected chi connectivity index (χ1v) is 12.2. The highest BCUT2D eigenvalue weighted by atomic mass is 35.5. The van der Waals surface area contributed by atoms with Crippen LogP contribution in [0, 0.1) is 25.7 Å². The molecule has 1 fully saturated rings. The Hall–Kier alpha value is -1.88. The molecule has 1 aliphatic rings. The van der Waals surface area contributed by atoms with Crippen LogP contribution < -0.4 is 16.4 Å². The molecule has 1 aliphatic carbocycles. The second-order valence-corrected chi connectivity index (χ2v) is 10.2. The van der Waals surface area contributed by atoms with Gasteiger partial charge in [-0.25, -0.2) is 0 Å². The fourth-order valence-corrected chi connectivity index (χ4v) is 4.68. The van der Waals surface area contributed by atoms with E-state index in [4.69, 9.17) is 17.3 Å². The van der Waals surface area contributed by atoms with E-state index in [0.29, 0.717) is 23.4 Å². The monoisotopic (exact) mass is 455 g/mol. The summed E-state index contributed by atoms with van der Waals surface area (Å²) in [6.07, 6.45) is 4.09. The standard InChI is InChI=1S/C27H38ClN3O/c1-17(2)26(31-27(32)21-9-5-18(3)6-10-21)16-30-23-11-12-25(29)22(15-23)13-20-8-7-19(4)24(28)14-20/h5-10,14,17,22-23,25-26,30H,11-13,15-16,29H2,1-4H3,(H,31,32). The molecule has 4 nitrogen and oxygen atoms in total. The van der Waals surface area contributed by atoms with Crippen LogP contribution in [0.25, 0.3) is 0 Å². The first kappa shape index (κ1) is 24.8. The minimum absolute atomic E-state index is 0.00899. The van der Waals surface area contributed by atoms with Crippen molar-refractivity contribution in [1.82, 2.24) is 10.6 Å². The van der Waals surface area contributed by atoms with Crippen LogP contribution in [0.2, 0.25) is 5.02 Å². The predicted molar refractivity (Wildman–Crippen MR) is 134 cm³/mol. The van der Waals surface area contributed by atoms with Crippen LogP contribution in [0.1, 0.15) is 60.2 Å². The second-order valence-electron chi connectivity index (χ2n) is 9.82. The number of carbonyl (C=O) groups is 1. The number of halogens is 1. The van der Waals surface area contributed by atoms with E-state index in [0.717, 1.165) is 48.4 Å². The van der Waals surface area contributed by atoms with Gasteiger partial charge in [0.1, 0.15) is 0 Å². The predicted octanol–water partition coefficient (Wildman–Crippen LogP) is 5.04. The van der Waals surface area contributed by atoms with Crippen LogP contribution in [0.15, 0.2) is 42.5 Å². The molecule has 0 bridgehead atoms. The Labute approximate surface area is 198 Å². The van der Waals surface area contributed by atoms with Crippen molar-refractivity contribution in [1.29, 1.82) is 0 Å². The molecule has 32 heavy (non-hydrogen) atoms. The van der Waals surface area contributed by atoms with E-state index in [-0.39, 0.29) is 18.0 Å². The summed E-state index contributed by atoms with van der Waals surface area (Å²) in [5.41, 5.74) is 10.7. The number of aryl methyl sites for hydroxylation is 2. The van der Waals surface area contributed by atoms with Crippen LogP contribution in [0.5, 0.6) is 0 Å². The van der Waals surface area contributed by atoms with Gasteiger partial charge in [0.15, 0.2) is 0 Å². The molecule has 4 atom stereocenters. The maximum absolute atomic E-state index is 12.7. The molecule has 4 N–H and O–H groups in total. The van der Waals surface area contributed by atoms with Crippen LogP contribution >= 0.6 is 11.6 Å². The lowest BCUT2D eigenvalue weighted by Crippen LogP contribution is -2.50. The summed E-state index contributed by atoms with van der Waals surface area (Å²) in [6, 6.07) is 14.8. The van der Waals surface area contributed by atoms with Gasteiger partial charge in [0, 0.05) is 35.3 Å². The molecule has 2 aromatic carbocycles. The van der Waals surface area contributed by atoms with Crippen molar-refractivity contribution in [2.45, 2.75) is 71.5 Å². The summed E-state index contributed by atoms with van der Waals surface area (Å²) in [6.45, 7) is 9.13. The smallest absolute Gasteiger partial charge is 0.251 e. The minimum Gasteiger partial charge on any atom is -0.348 e. The van der Waals surface area contributed by atoms with Gasteiger partial charge in [0.2, 0.25) is 0 Å². The fourth-order valence-electron chi connectivity index (χ4n) is 4.48. The zero-order valence-electron chi connectivity index (χ0n) is 19.8. The van der Waals surface area contributed by atoms with Crippen molar-refractivity contribution in [3.63, 3.8) is 0 Å². The van der Waals surface area contributed by atoms with Crippen molar-refractivity contribution in [3.8, 4) is 0 Å². The van der Waals surface area contributed by atoms with Crippen LogP contribution in [-0.2, 0) is 6.42 Å². The molecule has 2 aromatic rings. The van der Waals surface area contributed by atoms with E-state index in [1.54, 1.807) is 0 Å². The molecule has 174 valence electrons. The summed E-state index contributed by atoms with van der Waals surface area (Å²) in [5, 5.41) is 7.78. The number of benzene rings is 2. The first-order valence-electron chi connectivity index (χ1n) is 11.8. The van der Waals surface area contributed by atoms with Crippen molar-refractivity contribution in [2.75, 3.05) is 6.54 Å². The number of amides is 1. The van der Waals surface area contributed by atoms with E-state index in [2.05, 4.69) is 42.7 Å². The molecule has 0 aromatic heterocycles. The Balaban J connectivity index is 1.55. The first-order chi connectivity index (χ1) is 15.2. The zero-order chi connectivity index (χ0) is 23.3. The average molecular weight is 456 g/mol. The quantitative estimate of drug-likeness (QED) is 0.522. The third-order valence-corrected chi connectivity index (χ3v) is 7.24. The topological polar surface area (TPSA) is 67.2 Å². The van der Waals surface area contributed by atoms with Gasteiger partial charge in [-0.2, -0.15) is 0 Å². The van der Waals surface area contributed by atoms with Gasteiger partial charge in [0.25, 0.3) is 5.91 Å². The number of rotatable bonds is 8. The lowest BCUT2D eigenvalue weighted by atomic mass is 9.78. The Morgan fingerprint density at radius 2 is 1.84 bits per heavy atom. The van der Waals surface area contributed by atoms with E-state index in [1.165, 1.54) is 5.56 Å². The van der Waals surface area contributed by atoms with Crippen molar-refractivity contribution >= 4 is 17.5 Å². The molecule has 1 amide bonds. The summed E-state index contributed by atoms with van der Waals surface area (Å²) in [7, 11) is 0. The molecule has 0 saturated heterocycles. The van der Waals surface area contributed by atoms with Gasteiger partial charge in [-0.3, -0.25) is 4.79 Å². The summed E-state index contributed by atoms with van der Waals surface area (Å²) in [4.78, 5) is 12.7. The van der Waals surface area contributed by atoms with Gasteiger partial charge < -0.3 is 16.4 Å². The summed E-state index contributed by atoms with van der Waals surface area (Å²) in [5.74, 6) is 0.762. The third-order valence-electron chi connectivity index (χ3n) is 6.84. The van der Waals surface area contributed by atoms with Crippen molar-refractivity contribution in [3.05, 3.63) is 69.7 Å². The number of carbonyl (C=O) groups excluding carboxylic acids is 1. The molecule has 1 saturated carbocycles. The molecular weight excluding hydrogens is 418 g/mol. The molecule has 0 heterocycles. The van der Waals surface area contributed by atoms with Crippen molar-refractivity contribution < 1.29 is 4.79 Å². The minimum atomic E-state index is -0.00899. The van der Waals surface area contributed by atoms with Crippen LogP contribution in [0.4, 0.5) is 0 Å². The fraction of sp³-hybridized carbons (Fsp3) is 0.519. The molecule has 4 unspecified atom stereocenters. The Morgan fingerprint density at radius 3 is 2.50 bits per heavy atom. The highest BCUT2D eigenvalue weighted by Gasteiger charge is 2.29. The van der Waals surface area contributed by atoms with Crippen molar-refractivity contribution in [2.24, 2.45) is 17.6 Å². The molecule has 5 heteroatoms. The highest BCUT2D eigenvalue weighted by molar-refractivity contribution is 6.31. The largest absolute Gasteiger partial charge is 0.348 e. The van der Waals surface area contributed by atoms with Gasteiger partial charge in [-0.05, 0) is 80.7 Å². The lowest BCUT2D eigenvalue weighted by molar-refractivity contribution is 0.0923. The van der Waals surface area contributed by atoms with E-state index in [1.807, 2.05) is 38.1 Å². The number of nitrogens with one attached hydrogen (secondary N) is 2. The highest BCUT2D eigenvalue weighted by Crippen LogP contribution is 2.28. The second kappa shape index (κ2) is 11.3. The SMILES string of the molecule is Cc1ccc(C(=O)NC(CNC2CCC(N)C(Cc3ccc(C)c(Cl)c3)C2)C(C)C)cc1. The van der Waals surface area contributed by atoms with Gasteiger partial charge >= 0.3 is 0 Å². The molecule has 0 radical (unpaired) electrons. The van der Waals surface area contributed by atoms with Crippen LogP contribution in [-0.4, -0.2) is 30.6 Å². The Morgan fingerprint density at radius 1 is 1.12 bits per heavy atom. The zero-order valence-corrected chi connectivity index (χ0v) is 20.6. The maximum atomic E-state index is 12.7. The van der Waals surface area contributed by atoms with E-state index < -0.39 is 0 Å². The lowest BCUT2D eigenvalue weighted by Gasteiger charge is -2.36. The molecule has 3 rings (SSSR count). The van der Waals surface area contributed by atoms with Gasteiger partial charge in [-0.1, -0.05) is 55.3 Å². The van der Waals surface area contributed by atoms with Gasteiger partial charge in [-0.15, -0.1) is 0 Å².